The Morgan fingerprint density at radius 1 is 0.643 bits per heavy atom. The molecule has 9 N–H and O–H groups in total. The zero-order chi connectivity index (χ0) is 51.1. The van der Waals surface area contributed by atoms with E-state index >= 15 is 0 Å². The van der Waals surface area contributed by atoms with Crippen molar-refractivity contribution in [2.45, 2.75) is 14.7 Å². The summed E-state index contributed by atoms with van der Waals surface area (Å²) in [5.41, 5.74) is -2.67. The fourth-order valence-electron chi connectivity index (χ4n) is 5.63. The van der Waals surface area contributed by atoms with E-state index in [1.165, 1.54) is 20.3 Å². The van der Waals surface area contributed by atoms with Crippen molar-refractivity contribution in [1.82, 2.24) is 15.0 Å². The summed E-state index contributed by atoms with van der Waals surface area (Å²) in [6.07, 6.45) is 0. The van der Waals surface area contributed by atoms with E-state index in [-0.39, 0.29) is 77.4 Å². The number of aromatic hydroxyl groups is 2. The Morgan fingerprint density at radius 2 is 1.21 bits per heavy atom. The molecule has 5 rings (SSSR count). The van der Waals surface area contributed by atoms with E-state index in [0.29, 0.717) is 6.07 Å². The number of ether oxygens (including phenoxy) is 3. The molecule has 5 aromatic rings. The molecule has 0 saturated carbocycles. The van der Waals surface area contributed by atoms with Crippen LogP contribution in [-0.2, 0) is 72.1 Å². The second kappa shape index (κ2) is 22.7. The average molecular weight is 1130 g/mol. The van der Waals surface area contributed by atoms with E-state index < -0.39 is 123 Å². The number of rotatable bonds is 23. The molecule has 0 aliphatic carbocycles. The third kappa shape index (κ3) is 14.9. The number of fused-ring (bicyclic) bond motifs is 1. The maximum absolute atomic E-state index is 13.1. The van der Waals surface area contributed by atoms with Crippen molar-refractivity contribution >= 4 is 107 Å². The third-order valence-electron chi connectivity index (χ3n) is 8.79. The number of nitrogens with one attached hydrogen (secondary N) is 3. The van der Waals surface area contributed by atoms with Gasteiger partial charge in [0, 0.05) is 58.5 Å². The van der Waals surface area contributed by atoms with Crippen LogP contribution in [0.15, 0.2) is 95.7 Å². The van der Waals surface area contributed by atoms with E-state index in [2.05, 4.69) is 57.9 Å². The topological polar surface area (TPSA) is 444 Å². The van der Waals surface area contributed by atoms with Crippen LogP contribution >= 0.6 is 0 Å². The van der Waals surface area contributed by atoms with Gasteiger partial charge in [-0.2, -0.15) is 48.6 Å². The number of hydrogen-bond acceptors (Lipinski definition) is 25. The van der Waals surface area contributed by atoms with Gasteiger partial charge in [0.1, 0.15) is 38.3 Å². The Hall–Kier alpha value is -6.24. The Bertz CT molecular complexity index is 3460. The largest absolute Gasteiger partial charge is 0.506 e. The molecule has 0 bridgehead atoms. The van der Waals surface area contributed by atoms with Gasteiger partial charge in [0.2, 0.25) is 17.8 Å². The van der Waals surface area contributed by atoms with Crippen LogP contribution < -0.4 is 25.4 Å². The summed E-state index contributed by atoms with van der Waals surface area (Å²) in [6, 6.07) is 7.37. The van der Waals surface area contributed by atoms with Crippen LogP contribution in [0.2, 0.25) is 0 Å². The van der Waals surface area contributed by atoms with Crippen molar-refractivity contribution in [3.05, 3.63) is 60.5 Å². The molecule has 29 nitrogen and oxygen atoms in total. The van der Waals surface area contributed by atoms with Crippen molar-refractivity contribution in [3.63, 3.8) is 0 Å². The zero-order valence-corrected chi connectivity index (χ0v) is 40.6. The summed E-state index contributed by atoms with van der Waals surface area (Å²) < 4.78 is 177. The molecule has 0 fully saturated rings. The molecule has 35 heteroatoms. The second-order valence-electron chi connectivity index (χ2n) is 13.5. The maximum Gasteiger partial charge on any atom is 0.297 e. The monoisotopic (exact) mass is 1130 g/mol. The van der Waals surface area contributed by atoms with E-state index in [0.717, 1.165) is 41.8 Å². The maximum atomic E-state index is 13.1. The molecule has 4 aromatic carbocycles. The molecule has 0 aliphatic heterocycles. The van der Waals surface area contributed by atoms with Gasteiger partial charge in [0.05, 0.1) is 49.5 Å². The normalized spacial score (nSPS) is 12.5. The number of azo groups is 2. The van der Waals surface area contributed by atoms with E-state index in [1.54, 1.807) is 0 Å². The first-order valence-electron chi connectivity index (χ1n) is 18.7. The van der Waals surface area contributed by atoms with Crippen molar-refractivity contribution in [2.75, 3.05) is 68.0 Å². The molecule has 0 atom stereocenters. The van der Waals surface area contributed by atoms with Crippen molar-refractivity contribution in [3.8, 4) is 23.0 Å². The summed E-state index contributed by atoms with van der Waals surface area (Å²) >= 11 is 0. The number of aromatic nitrogens is 3. The molecule has 0 unspecified atom stereocenters. The van der Waals surface area contributed by atoms with Crippen LogP contribution in [0.25, 0.3) is 10.8 Å². The first-order valence-corrected chi connectivity index (χ1v) is 26.3. The number of nitrogens with zero attached hydrogens (tertiary/aromatic N) is 7. The van der Waals surface area contributed by atoms with Crippen molar-refractivity contribution in [1.29, 1.82) is 0 Å². The molecule has 1 radical (unpaired) electrons. The molecule has 0 amide bonds. The first-order chi connectivity index (χ1) is 32.1. The molecule has 0 aliphatic rings. The zero-order valence-electron chi connectivity index (χ0n) is 35.6. The predicted molar refractivity (Wildman–Crippen MR) is 242 cm³/mol. The summed E-state index contributed by atoms with van der Waals surface area (Å²) in [5.74, 6) is -4.06. The molecule has 0 saturated heterocycles. The van der Waals surface area contributed by atoms with Crippen LogP contribution in [0.3, 0.4) is 0 Å². The fraction of sp³-hybridized carbons (Fsp3) is 0.229. The second-order valence-corrected chi connectivity index (χ2v) is 21.3. The van der Waals surface area contributed by atoms with Gasteiger partial charge in [-0.25, -0.2) is 8.42 Å². The van der Waals surface area contributed by atoms with Gasteiger partial charge < -0.3 is 40.4 Å². The summed E-state index contributed by atoms with van der Waals surface area (Å²) in [5, 5.41) is 44.5. The van der Waals surface area contributed by atoms with Gasteiger partial charge in [-0.15, -0.1) is 20.5 Å². The van der Waals surface area contributed by atoms with Gasteiger partial charge in [-0.1, -0.05) is 6.58 Å². The fourth-order valence-corrected chi connectivity index (χ4v) is 8.50. The van der Waals surface area contributed by atoms with Crippen LogP contribution in [0.4, 0.5) is 46.3 Å². The summed E-state index contributed by atoms with van der Waals surface area (Å²) in [7, 11) is -21.3. The smallest absolute Gasteiger partial charge is 0.297 e. The summed E-state index contributed by atoms with van der Waals surface area (Å²) in [4.78, 5) is 9.13. The molecule has 383 valence electrons. The number of benzene rings is 4. The van der Waals surface area contributed by atoms with E-state index in [1.807, 2.05) is 0 Å². The molecular formula is C35H38CuN10O19S5. The van der Waals surface area contributed by atoms with Gasteiger partial charge in [0.15, 0.2) is 27.1 Å². The third-order valence-corrected chi connectivity index (χ3v) is 13.4. The van der Waals surface area contributed by atoms with E-state index in [9.17, 15) is 66.0 Å². The van der Waals surface area contributed by atoms with Crippen LogP contribution in [-0.4, -0.2) is 137 Å². The molecule has 1 heterocycles. The van der Waals surface area contributed by atoms with Crippen molar-refractivity contribution < 1.29 is 102 Å². The van der Waals surface area contributed by atoms with Gasteiger partial charge >= 0.3 is 0 Å². The standard InChI is InChI=1S/C35H38N10O19S5.Cu/c1-4-65(48,49)14-12-64-11-9-36-33-39-34(37-10-13-66(50,51)52)41-35(40-33)38-22-7-6-20-21(32(22)69(59,60)61)16-29(68(56,57)58)30(31(20)47)45-43-24-18-28(63-3)27(62-2)17-23(24)42-44-25-15-19(67(53,54)55)5-8-26(25)46;/h4-8,15-18,46-47H,1,9-14H2,2-3H3,(H,50,51,52)(H,53,54,55)(H,56,57,58)(H,59,60,61)(H3,36,37,38,39,40,41);. The predicted octanol–water partition coefficient (Wildman–Crippen LogP) is 4.05. The van der Waals surface area contributed by atoms with Crippen LogP contribution in [0.1, 0.15) is 0 Å². The Morgan fingerprint density at radius 3 is 1.76 bits per heavy atom. The van der Waals surface area contributed by atoms with Gasteiger partial charge in [-0.05, 0) is 36.4 Å². The SMILES string of the molecule is C=CS(=O)(=O)CCOCCNc1nc(NCCS(=O)(=O)O)nc(Nc2ccc3c(O)c(N=Nc4cc(OC)c(OC)cc4N=Nc4cc(S(=O)(=O)O)ccc4O)c(S(=O)(=O)O)cc3c2S(=O)(=O)O)n1.[Cu]. The molecular weight excluding hydrogens is 1090 g/mol. The minimum absolute atomic E-state index is 0. The quantitative estimate of drug-likeness (QED) is 0.0193. The minimum atomic E-state index is -5.49. The number of anilines is 4. The summed E-state index contributed by atoms with van der Waals surface area (Å²) in [6.45, 7) is 2.37. The number of hydrogen-bond donors (Lipinski definition) is 9. The van der Waals surface area contributed by atoms with Crippen molar-refractivity contribution in [2.24, 2.45) is 20.5 Å². The number of phenols is 2. The molecule has 70 heavy (non-hydrogen) atoms. The van der Waals surface area contributed by atoms with E-state index in [4.69, 9.17) is 18.8 Å². The van der Waals surface area contributed by atoms with Crippen LogP contribution in [0, 0.1) is 0 Å². The number of methoxy groups -OCH3 is 2. The minimum Gasteiger partial charge on any atom is -0.506 e. The van der Waals surface area contributed by atoms with Gasteiger partial charge in [0.25, 0.3) is 40.5 Å². The Labute approximate surface area is 408 Å². The number of phenolic OH excluding ortho intramolecular Hbond substituents is 2. The first kappa shape index (κ1) is 56.3. The Kier molecular flexibility index (Phi) is 18.2. The Balaban J connectivity index is 0.0000107. The molecule has 0 spiro atoms. The molecule has 1 aromatic heterocycles. The number of sulfone groups is 1. The van der Waals surface area contributed by atoms with Crippen LogP contribution in [0.5, 0.6) is 23.0 Å². The average Bonchev–Trinajstić information content (AvgIpc) is 3.25. The van der Waals surface area contributed by atoms with Gasteiger partial charge in [-0.3, -0.25) is 18.2 Å².